The summed E-state index contributed by atoms with van der Waals surface area (Å²) in [5.74, 6) is -0.149. The Morgan fingerprint density at radius 1 is 0.640 bits per heavy atom. The number of fused-ring (bicyclic) bond motifs is 2. The summed E-state index contributed by atoms with van der Waals surface area (Å²) in [6.45, 7) is 2.02. The molecule has 0 saturated carbocycles. The topological polar surface area (TPSA) is 148 Å². The minimum Gasteiger partial charge on any atom is -0.497 e. The van der Waals surface area contributed by atoms with Crippen molar-refractivity contribution >= 4 is 33.7 Å². The average molecular weight is 679 g/mol. The number of carboxylic acid groups (broad SMARTS) is 1. The highest BCUT2D eigenvalue weighted by Crippen LogP contribution is 2.33. The fraction of sp³-hybridized carbons (Fsp3) is 0.200. The monoisotopic (exact) mass is 678 g/mol. The second kappa shape index (κ2) is 17.3. The first kappa shape index (κ1) is 38.3. The third-order valence-corrected chi connectivity index (χ3v) is 7.72. The molecule has 0 unspecified atom stereocenters. The lowest BCUT2D eigenvalue weighted by molar-refractivity contribution is -0.142. The van der Waals surface area contributed by atoms with Gasteiger partial charge in [-0.25, -0.2) is 0 Å². The summed E-state index contributed by atoms with van der Waals surface area (Å²) in [4.78, 5) is 53.8. The number of aromatic amines is 2. The van der Waals surface area contributed by atoms with E-state index >= 15 is 0 Å². The summed E-state index contributed by atoms with van der Waals surface area (Å²) in [5.41, 5.74) is 4.32. The number of carbonyl (C=O) groups is 2. The van der Waals surface area contributed by atoms with Gasteiger partial charge < -0.3 is 29.3 Å². The van der Waals surface area contributed by atoms with Crippen LogP contribution in [0.3, 0.4) is 0 Å². The molecular weight excluding hydrogens is 636 g/mol. The Morgan fingerprint density at radius 2 is 1.06 bits per heavy atom. The Bertz CT molecular complexity index is 2210. The minimum absolute atomic E-state index is 0. The second-order valence-electron chi connectivity index (χ2n) is 10.7. The molecule has 0 radical (unpaired) electrons. The first-order valence-electron chi connectivity index (χ1n) is 15.2. The molecule has 2 aromatic heterocycles. The van der Waals surface area contributed by atoms with Crippen LogP contribution in [-0.2, 0) is 27.2 Å². The van der Waals surface area contributed by atoms with Gasteiger partial charge in [-0.2, -0.15) is 0 Å². The van der Waals surface area contributed by atoms with E-state index in [1.807, 2.05) is 66.7 Å². The van der Waals surface area contributed by atoms with Gasteiger partial charge in [0.2, 0.25) is 0 Å². The summed E-state index contributed by atoms with van der Waals surface area (Å²) in [6, 6.07) is 29.6. The van der Waals surface area contributed by atoms with Gasteiger partial charge >= 0.3 is 11.9 Å². The van der Waals surface area contributed by atoms with Crippen LogP contribution in [0.5, 0.6) is 11.5 Å². The van der Waals surface area contributed by atoms with Crippen molar-refractivity contribution < 1.29 is 28.9 Å². The summed E-state index contributed by atoms with van der Waals surface area (Å²) in [6.07, 6.45) is -0.423. The lowest BCUT2D eigenvalue weighted by Gasteiger charge is -2.13. The minimum atomic E-state index is -1.05. The average Bonchev–Trinajstić information content (AvgIpc) is 3.09. The Morgan fingerprint density at radius 3 is 1.44 bits per heavy atom. The van der Waals surface area contributed by atoms with Crippen LogP contribution < -0.4 is 20.6 Å². The Hall–Kier alpha value is -6.16. The number of aliphatic carboxylic acids is 1. The summed E-state index contributed by atoms with van der Waals surface area (Å²) in [5, 5.41) is 10.7. The molecule has 10 heteroatoms. The van der Waals surface area contributed by atoms with Gasteiger partial charge in [-0.1, -0.05) is 75.5 Å². The van der Waals surface area contributed by atoms with Gasteiger partial charge in [-0.3, -0.25) is 19.2 Å². The van der Waals surface area contributed by atoms with Crippen LogP contribution in [0.25, 0.3) is 44.1 Å². The quantitative estimate of drug-likeness (QED) is 0.134. The molecule has 0 spiro atoms. The Balaban J connectivity index is 0.000000261. The zero-order valence-electron chi connectivity index (χ0n) is 26.7. The number of H-pyrrole nitrogens is 2. The molecule has 50 heavy (non-hydrogen) atoms. The van der Waals surface area contributed by atoms with E-state index in [2.05, 4.69) is 9.97 Å². The number of hydrogen-bond acceptors (Lipinski definition) is 7. The molecule has 0 atom stereocenters. The lowest BCUT2D eigenvalue weighted by atomic mass is 9.94. The van der Waals surface area contributed by atoms with Crippen LogP contribution in [0.15, 0.2) is 107 Å². The van der Waals surface area contributed by atoms with Crippen LogP contribution in [0, 0.1) is 0 Å². The van der Waals surface area contributed by atoms with Crippen LogP contribution in [0.2, 0.25) is 0 Å². The number of nitrogens with one attached hydrogen (secondary N) is 2. The fourth-order valence-corrected chi connectivity index (χ4v) is 5.59. The maximum atomic E-state index is 12.6. The van der Waals surface area contributed by atoms with Crippen molar-refractivity contribution in [3.63, 3.8) is 0 Å². The Labute approximate surface area is 290 Å². The highest BCUT2D eigenvalue weighted by atomic mass is 16.5. The molecule has 6 aromatic rings. The fourth-order valence-electron chi connectivity index (χ4n) is 5.59. The number of rotatable bonds is 9. The number of carboxylic acids is 1. The highest BCUT2D eigenvalue weighted by Gasteiger charge is 2.19. The van der Waals surface area contributed by atoms with Crippen LogP contribution in [-0.4, -0.2) is 47.8 Å². The van der Waals surface area contributed by atoms with Gasteiger partial charge in [0, 0.05) is 44.1 Å². The molecular formula is C40H42N2O8. The van der Waals surface area contributed by atoms with Crippen LogP contribution in [0.4, 0.5) is 0 Å². The summed E-state index contributed by atoms with van der Waals surface area (Å²) in [7, 11) is 3.15. The molecule has 0 amide bonds. The van der Waals surface area contributed by atoms with Gasteiger partial charge in [0.15, 0.2) is 0 Å². The van der Waals surface area contributed by atoms with E-state index in [-0.39, 0.29) is 51.0 Å². The van der Waals surface area contributed by atoms with Crippen LogP contribution in [0.1, 0.15) is 32.9 Å². The molecule has 3 N–H and O–H groups in total. The molecule has 2 heterocycles. The van der Waals surface area contributed by atoms with E-state index in [1.54, 1.807) is 51.5 Å². The molecule has 0 bridgehead atoms. The van der Waals surface area contributed by atoms with Crippen molar-refractivity contribution in [1.82, 2.24) is 9.97 Å². The SMILES string of the molecule is C.C.CCOC(=O)Cc1c(-c2ccccc2)c2cc(OC)ccc2[nH]c1=O.COc1ccc2[nH]c(=O)c(CC(=O)O)c(-c3ccccc3)c2c1. The molecule has 0 saturated heterocycles. The third-order valence-electron chi connectivity index (χ3n) is 7.72. The second-order valence-corrected chi connectivity index (χ2v) is 10.7. The van der Waals surface area contributed by atoms with Crippen molar-refractivity contribution in [2.75, 3.05) is 20.8 Å². The number of aromatic nitrogens is 2. The van der Waals surface area contributed by atoms with E-state index in [0.717, 1.165) is 27.5 Å². The zero-order valence-corrected chi connectivity index (χ0v) is 26.7. The van der Waals surface area contributed by atoms with Crippen molar-refractivity contribution in [3.8, 4) is 33.8 Å². The first-order valence-corrected chi connectivity index (χ1v) is 15.2. The first-order chi connectivity index (χ1) is 23.2. The highest BCUT2D eigenvalue weighted by molar-refractivity contribution is 5.99. The molecule has 0 aliphatic rings. The van der Waals surface area contributed by atoms with E-state index in [4.69, 9.17) is 19.3 Å². The summed E-state index contributed by atoms with van der Waals surface area (Å²) >= 11 is 0. The van der Waals surface area contributed by atoms with Crippen molar-refractivity contribution in [1.29, 1.82) is 0 Å². The normalized spacial score (nSPS) is 10.2. The maximum absolute atomic E-state index is 12.6. The van der Waals surface area contributed by atoms with E-state index in [9.17, 15) is 19.2 Å². The molecule has 0 aliphatic carbocycles. The number of benzene rings is 4. The number of methoxy groups -OCH3 is 2. The van der Waals surface area contributed by atoms with E-state index in [1.165, 1.54) is 0 Å². The standard InChI is InChI=1S/C20H19NO4.C18H15NO4.2CH4/c1-3-25-18(22)12-16-19(13-7-5-4-6-8-13)15-11-14(24-2)9-10-17(15)21-20(16)23;1-23-12-7-8-15-13(9-12)17(11-5-3-2-4-6-11)14(10-16(20)21)18(22)19-15;;/h4-11H,3,12H2,1-2H3,(H,21,23);2-9H,10H2,1H3,(H,19,22)(H,20,21);2*1H4. The van der Waals surface area contributed by atoms with Gasteiger partial charge in [0.05, 0.1) is 33.7 Å². The molecule has 10 nitrogen and oxygen atoms in total. The smallest absolute Gasteiger partial charge is 0.310 e. The van der Waals surface area contributed by atoms with Gasteiger partial charge in [-0.15, -0.1) is 0 Å². The molecule has 260 valence electrons. The van der Waals surface area contributed by atoms with E-state index < -0.39 is 11.9 Å². The van der Waals surface area contributed by atoms with E-state index in [0.29, 0.717) is 33.7 Å². The Kier molecular flexibility index (Phi) is 13.2. The third kappa shape index (κ3) is 8.46. The number of pyridine rings is 2. The molecule has 4 aromatic carbocycles. The molecule has 6 rings (SSSR count). The van der Waals surface area contributed by atoms with Crippen molar-refractivity contribution in [2.45, 2.75) is 34.6 Å². The number of esters is 1. The summed E-state index contributed by atoms with van der Waals surface area (Å²) < 4.78 is 15.6. The van der Waals surface area contributed by atoms with Gasteiger partial charge in [-0.05, 0) is 54.4 Å². The van der Waals surface area contributed by atoms with Crippen molar-refractivity contribution in [3.05, 3.63) is 129 Å². The molecule has 0 aliphatic heterocycles. The van der Waals surface area contributed by atoms with Gasteiger partial charge in [0.25, 0.3) is 11.1 Å². The lowest BCUT2D eigenvalue weighted by Crippen LogP contribution is -2.19. The molecule has 0 fully saturated rings. The number of hydrogen-bond donors (Lipinski definition) is 3. The zero-order chi connectivity index (χ0) is 34.2. The predicted octanol–water partition coefficient (Wildman–Crippen LogP) is 7.41. The number of carbonyl (C=O) groups excluding carboxylic acids is 1. The maximum Gasteiger partial charge on any atom is 0.310 e. The van der Waals surface area contributed by atoms with Crippen LogP contribution >= 0.6 is 0 Å². The predicted molar refractivity (Wildman–Crippen MR) is 198 cm³/mol. The van der Waals surface area contributed by atoms with Crippen molar-refractivity contribution in [2.24, 2.45) is 0 Å². The van der Waals surface area contributed by atoms with Gasteiger partial charge in [0.1, 0.15) is 11.5 Å². The number of ether oxygens (including phenoxy) is 3. The largest absolute Gasteiger partial charge is 0.497 e.